The molecule has 1 aromatic heterocycles. The van der Waals surface area contributed by atoms with Gasteiger partial charge in [-0.1, -0.05) is 0 Å². The van der Waals surface area contributed by atoms with Gasteiger partial charge < -0.3 is 4.74 Å². The van der Waals surface area contributed by atoms with Gasteiger partial charge in [-0.25, -0.2) is 9.37 Å². The van der Waals surface area contributed by atoms with E-state index in [0.717, 1.165) is 16.3 Å². The van der Waals surface area contributed by atoms with Gasteiger partial charge in [0.1, 0.15) is 16.4 Å². The number of benzene rings is 1. The molecular formula is C15H17FN2O2S. The minimum atomic E-state index is -0.769. The van der Waals surface area contributed by atoms with Gasteiger partial charge in [-0.15, -0.1) is 11.3 Å². The van der Waals surface area contributed by atoms with Crippen LogP contribution in [-0.2, 0) is 16.1 Å². The van der Waals surface area contributed by atoms with Crippen molar-refractivity contribution in [3.63, 3.8) is 0 Å². The van der Waals surface area contributed by atoms with Crippen molar-refractivity contribution in [2.45, 2.75) is 25.9 Å². The number of carbonyl (C=O) groups is 1. The highest BCUT2D eigenvalue weighted by Crippen LogP contribution is 2.24. The number of methoxy groups -OCH3 is 1. The van der Waals surface area contributed by atoms with Crippen molar-refractivity contribution >= 4 is 17.3 Å². The third-order valence-electron chi connectivity index (χ3n) is 3.05. The van der Waals surface area contributed by atoms with E-state index < -0.39 is 5.54 Å². The van der Waals surface area contributed by atoms with Crippen LogP contribution in [0.25, 0.3) is 10.6 Å². The molecule has 21 heavy (non-hydrogen) atoms. The molecule has 0 aliphatic carbocycles. The standard InChI is InChI=1S/C15H17FN2O2S/c1-15(2,14(19)20-3)17-8-12-9-21-13(18-12)10-4-6-11(16)7-5-10/h4-7,9,17H,8H2,1-3H3. The Morgan fingerprint density at radius 1 is 1.38 bits per heavy atom. The zero-order chi connectivity index (χ0) is 15.5. The summed E-state index contributed by atoms with van der Waals surface area (Å²) < 4.78 is 17.6. The molecule has 0 unspecified atom stereocenters. The quantitative estimate of drug-likeness (QED) is 0.863. The highest BCUT2D eigenvalue weighted by atomic mass is 32.1. The number of hydrogen-bond acceptors (Lipinski definition) is 5. The van der Waals surface area contributed by atoms with Gasteiger partial charge in [-0.05, 0) is 38.1 Å². The fourth-order valence-corrected chi connectivity index (χ4v) is 2.58. The maximum Gasteiger partial charge on any atom is 0.325 e. The average Bonchev–Trinajstić information content (AvgIpc) is 2.94. The van der Waals surface area contributed by atoms with Crippen LogP contribution in [0, 0.1) is 5.82 Å². The van der Waals surface area contributed by atoms with E-state index in [9.17, 15) is 9.18 Å². The third-order valence-corrected chi connectivity index (χ3v) is 3.99. The van der Waals surface area contributed by atoms with Crippen LogP contribution in [0.3, 0.4) is 0 Å². The van der Waals surface area contributed by atoms with Gasteiger partial charge in [0.15, 0.2) is 0 Å². The van der Waals surface area contributed by atoms with Crippen molar-refractivity contribution in [3.8, 4) is 10.6 Å². The number of thiazole rings is 1. The Morgan fingerprint density at radius 2 is 2.05 bits per heavy atom. The van der Waals surface area contributed by atoms with E-state index in [1.54, 1.807) is 26.0 Å². The molecule has 0 radical (unpaired) electrons. The van der Waals surface area contributed by atoms with Crippen LogP contribution in [0.15, 0.2) is 29.6 Å². The van der Waals surface area contributed by atoms with Gasteiger partial charge in [-0.2, -0.15) is 0 Å². The van der Waals surface area contributed by atoms with Crippen LogP contribution in [-0.4, -0.2) is 23.6 Å². The number of rotatable bonds is 5. The SMILES string of the molecule is COC(=O)C(C)(C)NCc1csc(-c2ccc(F)cc2)n1. The molecule has 0 fully saturated rings. The minimum Gasteiger partial charge on any atom is -0.468 e. The van der Waals surface area contributed by atoms with E-state index in [-0.39, 0.29) is 11.8 Å². The molecule has 0 aliphatic heterocycles. The maximum atomic E-state index is 12.9. The van der Waals surface area contributed by atoms with Gasteiger partial charge in [-0.3, -0.25) is 10.1 Å². The second-order valence-corrected chi connectivity index (χ2v) is 5.98. The number of nitrogens with one attached hydrogen (secondary N) is 1. The Bertz CT molecular complexity index is 623. The molecule has 0 saturated carbocycles. The second kappa shape index (κ2) is 6.32. The number of esters is 1. The summed E-state index contributed by atoms with van der Waals surface area (Å²) in [5.41, 5.74) is 0.935. The van der Waals surface area contributed by atoms with E-state index in [1.165, 1.54) is 30.6 Å². The molecule has 1 aromatic carbocycles. The molecule has 1 N–H and O–H groups in total. The summed E-state index contributed by atoms with van der Waals surface area (Å²) in [6.07, 6.45) is 0. The van der Waals surface area contributed by atoms with Crippen LogP contribution >= 0.6 is 11.3 Å². The molecule has 6 heteroatoms. The number of hydrogen-bond donors (Lipinski definition) is 1. The third kappa shape index (κ3) is 3.86. The molecule has 4 nitrogen and oxygen atoms in total. The topological polar surface area (TPSA) is 51.2 Å². The largest absolute Gasteiger partial charge is 0.468 e. The summed E-state index contributed by atoms with van der Waals surface area (Å²) >= 11 is 1.48. The lowest BCUT2D eigenvalue weighted by molar-refractivity contribution is -0.147. The first-order valence-corrected chi connectivity index (χ1v) is 7.34. The summed E-state index contributed by atoms with van der Waals surface area (Å²) in [6.45, 7) is 3.97. The molecule has 0 bridgehead atoms. The van der Waals surface area contributed by atoms with Crippen LogP contribution in [0.1, 0.15) is 19.5 Å². The van der Waals surface area contributed by atoms with Crippen LogP contribution in [0.5, 0.6) is 0 Å². The van der Waals surface area contributed by atoms with Crippen molar-refractivity contribution in [1.82, 2.24) is 10.3 Å². The first kappa shape index (κ1) is 15.6. The van der Waals surface area contributed by atoms with E-state index in [0.29, 0.717) is 6.54 Å². The Labute approximate surface area is 127 Å². The predicted molar refractivity (Wildman–Crippen MR) is 80.4 cm³/mol. The number of nitrogens with zero attached hydrogens (tertiary/aromatic N) is 1. The Morgan fingerprint density at radius 3 is 2.67 bits per heavy atom. The molecule has 0 aliphatic rings. The number of ether oxygens (including phenoxy) is 1. The number of aromatic nitrogens is 1. The number of halogens is 1. The molecule has 112 valence electrons. The Kier molecular flexibility index (Phi) is 4.69. The molecular weight excluding hydrogens is 291 g/mol. The highest BCUT2D eigenvalue weighted by molar-refractivity contribution is 7.13. The Balaban J connectivity index is 2.04. The van der Waals surface area contributed by atoms with Gasteiger partial charge in [0.25, 0.3) is 0 Å². The van der Waals surface area contributed by atoms with Crippen LogP contribution in [0.2, 0.25) is 0 Å². The molecule has 2 rings (SSSR count). The smallest absolute Gasteiger partial charge is 0.325 e. The van der Waals surface area contributed by atoms with Crippen molar-refractivity contribution in [1.29, 1.82) is 0 Å². The summed E-state index contributed by atoms with van der Waals surface area (Å²) in [5, 5.41) is 5.85. The van der Waals surface area contributed by atoms with E-state index in [1.807, 2.05) is 5.38 Å². The van der Waals surface area contributed by atoms with E-state index in [2.05, 4.69) is 10.3 Å². The molecule has 0 saturated heterocycles. The first-order chi connectivity index (χ1) is 9.92. The fraction of sp³-hybridized carbons (Fsp3) is 0.333. The van der Waals surface area contributed by atoms with Gasteiger partial charge in [0.05, 0.1) is 12.8 Å². The predicted octanol–water partition coefficient (Wildman–Crippen LogP) is 2.99. The Hall–Kier alpha value is -1.79. The molecule has 0 atom stereocenters. The summed E-state index contributed by atoms with van der Waals surface area (Å²) in [5.74, 6) is -0.589. The molecule has 1 heterocycles. The normalized spacial score (nSPS) is 11.4. The van der Waals surface area contributed by atoms with Crippen LogP contribution < -0.4 is 5.32 Å². The van der Waals surface area contributed by atoms with Gasteiger partial charge >= 0.3 is 5.97 Å². The lowest BCUT2D eigenvalue weighted by Gasteiger charge is -2.22. The van der Waals surface area contributed by atoms with Crippen molar-refractivity contribution in [3.05, 3.63) is 41.2 Å². The van der Waals surface area contributed by atoms with E-state index >= 15 is 0 Å². The zero-order valence-corrected chi connectivity index (χ0v) is 13.0. The monoisotopic (exact) mass is 308 g/mol. The lowest BCUT2D eigenvalue weighted by atomic mass is 10.1. The van der Waals surface area contributed by atoms with Gasteiger partial charge in [0, 0.05) is 17.5 Å². The summed E-state index contributed by atoms with van der Waals surface area (Å²) in [6, 6.07) is 6.22. The fourth-order valence-electron chi connectivity index (χ4n) is 1.75. The van der Waals surface area contributed by atoms with Crippen molar-refractivity contribution < 1.29 is 13.9 Å². The summed E-state index contributed by atoms with van der Waals surface area (Å²) in [7, 11) is 1.36. The average molecular weight is 308 g/mol. The summed E-state index contributed by atoms with van der Waals surface area (Å²) in [4.78, 5) is 16.1. The second-order valence-electron chi connectivity index (χ2n) is 5.12. The van der Waals surface area contributed by atoms with Crippen molar-refractivity contribution in [2.75, 3.05) is 7.11 Å². The first-order valence-electron chi connectivity index (χ1n) is 6.46. The zero-order valence-electron chi connectivity index (χ0n) is 12.1. The van der Waals surface area contributed by atoms with Gasteiger partial charge in [0.2, 0.25) is 0 Å². The van der Waals surface area contributed by atoms with Crippen LogP contribution in [0.4, 0.5) is 4.39 Å². The molecule has 2 aromatic rings. The van der Waals surface area contributed by atoms with Crippen molar-refractivity contribution in [2.24, 2.45) is 0 Å². The highest BCUT2D eigenvalue weighted by Gasteiger charge is 2.27. The minimum absolute atomic E-state index is 0.267. The maximum absolute atomic E-state index is 12.9. The van der Waals surface area contributed by atoms with E-state index in [4.69, 9.17) is 4.74 Å². The molecule has 0 spiro atoms. The molecule has 0 amide bonds. The number of carbonyl (C=O) groups excluding carboxylic acids is 1. The lowest BCUT2D eigenvalue weighted by Crippen LogP contribution is -2.47.